The lowest BCUT2D eigenvalue weighted by molar-refractivity contribution is 0.0471. The highest BCUT2D eigenvalue weighted by Crippen LogP contribution is 2.25. The highest BCUT2D eigenvalue weighted by molar-refractivity contribution is 6.33. The maximum atomic E-state index is 12.1. The fourth-order valence-electron chi connectivity index (χ4n) is 1.96. The molecule has 0 aliphatic heterocycles. The van der Waals surface area contributed by atoms with Gasteiger partial charge in [-0.2, -0.15) is 0 Å². The van der Waals surface area contributed by atoms with E-state index in [-0.39, 0.29) is 17.9 Å². The zero-order valence-electron chi connectivity index (χ0n) is 11.9. The molecular formula is C16H16ClNO3. The molecule has 0 bridgehead atoms. The molecule has 110 valence electrons. The van der Waals surface area contributed by atoms with Crippen molar-refractivity contribution in [1.82, 2.24) is 0 Å². The van der Waals surface area contributed by atoms with Crippen molar-refractivity contribution in [2.75, 3.05) is 12.8 Å². The van der Waals surface area contributed by atoms with E-state index >= 15 is 0 Å². The minimum absolute atomic E-state index is 0.107. The van der Waals surface area contributed by atoms with Crippen LogP contribution >= 0.6 is 11.6 Å². The van der Waals surface area contributed by atoms with Gasteiger partial charge in [0, 0.05) is 5.56 Å². The van der Waals surface area contributed by atoms with Crippen molar-refractivity contribution >= 4 is 23.3 Å². The first kappa shape index (κ1) is 15.2. The minimum atomic E-state index is -0.515. The fourth-order valence-corrected chi connectivity index (χ4v) is 2.13. The van der Waals surface area contributed by atoms with Crippen molar-refractivity contribution in [3.63, 3.8) is 0 Å². The van der Waals surface area contributed by atoms with Gasteiger partial charge < -0.3 is 15.2 Å². The summed E-state index contributed by atoms with van der Waals surface area (Å²) in [5, 5.41) is 0.331. The predicted octanol–water partition coefficient (Wildman–Crippen LogP) is 3.60. The van der Waals surface area contributed by atoms with Gasteiger partial charge in [-0.3, -0.25) is 0 Å². The Balaban J connectivity index is 2.15. The largest absolute Gasteiger partial charge is 0.496 e. The molecule has 0 aliphatic carbocycles. The average Bonchev–Trinajstić information content (AvgIpc) is 2.47. The number of para-hydroxylation sites is 1. The molecular weight excluding hydrogens is 290 g/mol. The van der Waals surface area contributed by atoms with Crippen molar-refractivity contribution < 1.29 is 14.3 Å². The number of nitrogens with two attached hydrogens (primary N) is 1. The van der Waals surface area contributed by atoms with Gasteiger partial charge in [0.15, 0.2) is 0 Å². The van der Waals surface area contributed by atoms with Crippen LogP contribution in [0.15, 0.2) is 36.4 Å². The van der Waals surface area contributed by atoms with Crippen LogP contribution in [-0.4, -0.2) is 13.1 Å². The summed E-state index contributed by atoms with van der Waals surface area (Å²) in [6.07, 6.45) is 0. The highest BCUT2D eigenvalue weighted by Gasteiger charge is 2.14. The second-order valence-electron chi connectivity index (χ2n) is 4.59. The van der Waals surface area contributed by atoms with Crippen molar-refractivity contribution in [1.29, 1.82) is 0 Å². The molecule has 2 rings (SSSR count). The summed E-state index contributed by atoms with van der Waals surface area (Å²) in [6.45, 7) is 2.06. The quantitative estimate of drug-likeness (QED) is 0.692. The summed E-state index contributed by atoms with van der Waals surface area (Å²) >= 11 is 5.89. The van der Waals surface area contributed by atoms with Crippen LogP contribution in [0.5, 0.6) is 5.75 Å². The van der Waals surface area contributed by atoms with E-state index in [4.69, 9.17) is 26.8 Å². The Labute approximate surface area is 128 Å². The summed E-state index contributed by atoms with van der Waals surface area (Å²) in [4.78, 5) is 12.1. The molecule has 0 amide bonds. The Morgan fingerprint density at radius 1 is 1.29 bits per heavy atom. The van der Waals surface area contributed by atoms with Crippen LogP contribution in [0.2, 0.25) is 5.02 Å². The van der Waals surface area contributed by atoms with E-state index in [0.29, 0.717) is 10.8 Å². The lowest BCUT2D eigenvalue weighted by atomic mass is 10.1. The number of nitrogen functional groups attached to an aromatic ring is 1. The summed E-state index contributed by atoms with van der Waals surface area (Å²) in [7, 11) is 1.57. The molecule has 2 aromatic rings. The van der Waals surface area contributed by atoms with E-state index < -0.39 is 5.97 Å². The van der Waals surface area contributed by atoms with Crippen molar-refractivity contribution in [2.45, 2.75) is 13.5 Å². The molecule has 0 fully saturated rings. The van der Waals surface area contributed by atoms with Gasteiger partial charge in [0.1, 0.15) is 12.4 Å². The molecule has 0 saturated heterocycles. The first-order valence-corrected chi connectivity index (χ1v) is 6.75. The number of rotatable bonds is 4. The summed E-state index contributed by atoms with van der Waals surface area (Å²) in [5.41, 5.74) is 8.11. The van der Waals surface area contributed by atoms with Crippen molar-refractivity contribution in [3.8, 4) is 5.75 Å². The predicted molar refractivity (Wildman–Crippen MR) is 82.7 cm³/mol. The van der Waals surface area contributed by atoms with Crippen molar-refractivity contribution in [3.05, 3.63) is 58.1 Å². The Morgan fingerprint density at radius 3 is 2.76 bits per heavy atom. The van der Waals surface area contributed by atoms with Gasteiger partial charge in [-0.15, -0.1) is 0 Å². The number of benzene rings is 2. The third kappa shape index (κ3) is 3.47. The molecule has 0 heterocycles. The Hall–Kier alpha value is -2.20. The SMILES string of the molecule is COc1ccc(C)cc1COC(=O)c1cccc(Cl)c1N. The van der Waals surface area contributed by atoms with E-state index in [0.717, 1.165) is 11.1 Å². The molecule has 0 unspecified atom stereocenters. The van der Waals surface area contributed by atoms with Gasteiger partial charge in [0.2, 0.25) is 0 Å². The van der Waals surface area contributed by atoms with Crippen LogP contribution in [0, 0.1) is 6.92 Å². The number of carbonyl (C=O) groups is 1. The summed E-state index contributed by atoms with van der Waals surface area (Å²) in [5.74, 6) is 0.158. The topological polar surface area (TPSA) is 61.5 Å². The Bertz CT molecular complexity index is 671. The first-order chi connectivity index (χ1) is 10.0. The van der Waals surface area contributed by atoms with E-state index in [1.807, 2.05) is 25.1 Å². The number of hydrogen-bond acceptors (Lipinski definition) is 4. The molecule has 0 radical (unpaired) electrons. The van der Waals surface area contributed by atoms with E-state index in [1.165, 1.54) is 0 Å². The van der Waals surface area contributed by atoms with Gasteiger partial charge in [0.25, 0.3) is 0 Å². The number of esters is 1. The van der Waals surface area contributed by atoms with Crippen LogP contribution in [0.3, 0.4) is 0 Å². The molecule has 0 atom stereocenters. The summed E-state index contributed by atoms with van der Waals surface area (Å²) in [6, 6.07) is 10.5. The van der Waals surface area contributed by atoms with E-state index in [1.54, 1.807) is 25.3 Å². The van der Waals surface area contributed by atoms with Crippen molar-refractivity contribution in [2.24, 2.45) is 0 Å². The number of carbonyl (C=O) groups excluding carboxylic acids is 1. The standard InChI is InChI=1S/C16H16ClNO3/c1-10-6-7-14(20-2)11(8-10)9-21-16(19)12-4-3-5-13(17)15(12)18/h3-8H,9,18H2,1-2H3. The second kappa shape index (κ2) is 6.50. The van der Waals surface area contributed by atoms with Gasteiger partial charge in [0.05, 0.1) is 23.4 Å². The van der Waals surface area contributed by atoms with E-state index in [2.05, 4.69) is 0 Å². The normalized spacial score (nSPS) is 10.2. The Morgan fingerprint density at radius 2 is 2.05 bits per heavy atom. The average molecular weight is 306 g/mol. The van der Waals surface area contributed by atoms with Gasteiger partial charge >= 0.3 is 5.97 Å². The molecule has 0 saturated carbocycles. The minimum Gasteiger partial charge on any atom is -0.496 e. The first-order valence-electron chi connectivity index (χ1n) is 6.37. The van der Waals surface area contributed by atoms with Crippen LogP contribution in [0.4, 0.5) is 5.69 Å². The number of halogens is 1. The number of hydrogen-bond donors (Lipinski definition) is 1. The number of anilines is 1. The van der Waals surface area contributed by atoms with Crippen LogP contribution < -0.4 is 10.5 Å². The van der Waals surface area contributed by atoms with Crippen LogP contribution in [-0.2, 0) is 11.3 Å². The monoisotopic (exact) mass is 305 g/mol. The van der Waals surface area contributed by atoms with Gasteiger partial charge in [-0.25, -0.2) is 4.79 Å². The zero-order valence-corrected chi connectivity index (χ0v) is 12.6. The second-order valence-corrected chi connectivity index (χ2v) is 5.00. The van der Waals surface area contributed by atoms with Crippen LogP contribution in [0.1, 0.15) is 21.5 Å². The molecule has 4 nitrogen and oxygen atoms in total. The lowest BCUT2D eigenvalue weighted by Crippen LogP contribution is -2.09. The zero-order chi connectivity index (χ0) is 15.4. The van der Waals surface area contributed by atoms with Crippen LogP contribution in [0.25, 0.3) is 0 Å². The molecule has 2 aromatic carbocycles. The van der Waals surface area contributed by atoms with Gasteiger partial charge in [-0.05, 0) is 31.2 Å². The molecule has 21 heavy (non-hydrogen) atoms. The van der Waals surface area contributed by atoms with E-state index in [9.17, 15) is 4.79 Å². The smallest absolute Gasteiger partial charge is 0.340 e. The fraction of sp³-hybridized carbons (Fsp3) is 0.188. The Kier molecular flexibility index (Phi) is 4.70. The molecule has 2 N–H and O–H groups in total. The number of aryl methyl sites for hydroxylation is 1. The lowest BCUT2D eigenvalue weighted by Gasteiger charge is -2.11. The molecule has 5 heteroatoms. The molecule has 0 spiro atoms. The third-order valence-electron chi connectivity index (χ3n) is 3.07. The third-order valence-corrected chi connectivity index (χ3v) is 3.40. The number of ether oxygens (including phenoxy) is 2. The number of methoxy groups -OCH3 is 1. The maximum Gasteiger partial charge on any atom is 0.340 e. The van der Waals surface area contributed by atoms with Gasteiger partial charge in [-0.1, -0.05) is 29.3 Å². The highest BCUT2D eigenvalue weighted by atomic mass is 35.5. The summed E-state index contributed by atoms with van der Waals surface area (Å²) < 4.78 is 10.5. The molecule has 0 aliphatic rings. The molecule has 0 aromatic heterocycles. The maximum absolute atomic E-state index is 12.1.